The summed E-state index contributed by atoms with van der Waals surface area (Å²) in [5.74, 6) is -2.60. The first-order valence-electron chi connectivity index (χ1n) is 5.46. The van der Waals surface area contributed by atoms with Gasteiger partial charge in [-0.05, 0) is 47.1 Å². The largest absolute Gasteiger partial charge is 0.398 e. The van der Waals surface area contributed by atoms with Gasteiger partial charge in [0.25, 0.3) is 0 Å². The zero-order chi connectivity index (χ0) is 14.2. The maximum absolute atomic E-state index is 13.9. The van der Waals surface area contributed by atoms with Crippen molar-refractivity contribution in [2.75, 3.05) is 5.73 Å². The molecule has 0 saturated heterocycles. The Kier molecular flexibility index (Phi) is 3.66. The van der Waals surface area contributed by atoms with Crippen LogP contribution in [0.5, 0.6) is 0 Å². The lowest BCUT2D eigenvalue weighted by Gasteiger charge is -2.08. The highest BCUT2D eigenvalue weighted by molar-refractivity contribution is 9.10. The molecule has 0 aliphatic carbocycles. The Morgan fingerprint density at radius 3 is 2.58 bits per heavy atom. The second-order valence-electron chi connectivity index (χ2n) is 4.14. The van der Waals surface area contributed by atoms with Crippen LogP contribution < -0.4 is 5.73 Å². The van der Waals surface area contributed by atoms with Crippen LogP contribution in [0.2, 0.25) is 0 Å². The van der Waals surface area contributed by atoms with E-state index in [1.165, 1.54) is 18.2 Å². The summed E-state index contributed by atoms with van der Waals surface area (Å²) < 4.78 is 27.6. The molecule has 98 valence electrons. The smallest absolute Gasteiger partial charge is 0.201 e. The number of carbonyl (C=O) groups excluding carboxylic acids is 1. The molecule has 2 rings (SSSR count). The van der Waals surface area contributed by atoms with Gasteiger partial charge in [0.15, 0.2) is 5.82 Å². The van der Waals surface area contributed by atoms with E-state index in [2.05, 4.69) is 15.9 Å². The highest BCUT2D eigenvalue weighted by atomic mass is 79.9. The van der Waals surface area contributed by atoms with Gasteiger partial charge in [-0.15, -0.1) is 0 Å². The molecule has 2 nitrogen and oxygen atoms in total. The second-order valence-corrected chi connectivity index (χ2v) is 4.99. The molecule has 0 saturated carbocycles. The summed E-state index contributed by atoms with van der Waals surface area (Å²) in [4.78, 5) is 12.2. The standard InChI is InChI=1S/C14H10BrF2NO/c1-7-2-5-11(18)8(6-7)14(19)12-10(16)4-3-9(15)13(12)17/h2-6H,18H2,1H3. The molecule has 2 N–H and O–H groups in total. The van der Waals surface area contributed by atoms with E-state index in [1.54, 1.807) is 13.0 Å². The van der Waals surface area contributed by atoms with Crippen LogP contribution in [0.4, 0.5) is 14.5 Å². The van der Waals surface area contributed by atoms with Crippen molar-refractivity contribution in [1.82, 2.24) is 0 Å². The fraction of sp³-hybridized carbons (Fsp3) is 0.0714. The van der Waals surface area contributed by atoms with Crippen LogP contribution in [0.1, 0.15) is 21.5 Å². The minimum Gasteiger partial charge on any atom is -0.398 e. The van der Waals surface area contributed by atoms with Crippen LogP contribution in [0.25, 0.3) is 0 Å². The van der Waals surface area contributed by atoms with Crippen molar-refractivity contribution < 1.29 is 13.6 Å². The van der Waals surface area contributed by atoms with Crippen molar-refractivity contribution >= 4 is 27.4 Å². The first-order valence-corrected chi connectivity index (χ1v) is 6.25. The molecule has 2 aromatic carbocycles. The number of carbonyl (C=O) groups is 1. The molecular weight excluding hydrogens is 316 g/mol. The molecule has 0 radical (unpaired) electrons. The molecular formula is C14H10BrF2NO. The number of aryl methyl sites for hydroxylation is 1. The zero-order valence-electron chi connectivity index (χ0n) is 10.0. The van der Waals surface area contributed by atoms with Gasteiger partial charge in [-0.1, -0.05) is 11.6 Å². The summed E-state index contributed by atoms with van der Waals surface area (Å²) >= 11 is 2.93. The number of rotatable bonds is 2. The van der Waals surface area contributed by atoms with Gasteiger partial charge < -0.3 is 5.73 Å². The van der Waals surface area contributed by atoms with Crippen molar-refractivity contribution in [2.24, 2.45) is 0 Å². The molecule has 0 aromatic heterocycles. The second kappa shape index (κ2) is 5.09. The first-order chi connectivity index (χ1) is 8.91. The van der Waals surface area contributed by atoms with Gasteiger partial charge in [-0.3, -0.25) is 4.79 Å². The highest BCUT2D eigenvalue weighted by Crippen LogP contribution is 2.26. The van der Waals surface area contributed by atoms with Gasteiger partial charge >= 0.3 is 0 Å². The molecule has 0 aliphatic heterocycles. The van der Waals surface area contributed by atoms with Gasteiger partial charge in [0.2, 0.25) is 5.78 Å². The topological polar surface area (TPSA) is 43.1 Å². The Morgan fingerprint density at radius 2 is 1.89 bits per heavy atom. The highest BCUT2D eigenvalue weighted by Gasteiger charge is 2.22. The van der Waals surface area contributed by atoms with Gasteiger partial charge in [-0.25, -0.2) is 8.78 Å². The van der Waals surface area contributed by atoms with Crippen LogP contribution in [-0.4, -0.2) is 5.78 Å². The average Bonchev–Trinajstić information content (AvgIpc) is 2.37. The predicted octanol–water partition coefficient (Wildman–Crippen LogP) is 3.85. The van der Waals surface area contributed by atoms with Crippen LogP contribution in [0, 0.1) is 18.6 Å². The molecule has 19 heavy (non-hydrogen) atoms. The summed E-state index contributed by atoms with van der Waals surface area (Å²) in [5.41, 5.74) is 6.15. The Hall–Kier alpha value is -1.75. The summed E-state index contributed by atoms with van der Waals surface area (Å²) in [7, 11) is 0. The predicted molar refractivity (Wildman–Crippen MR) is 73.1 cm³/mol. The van der Waals surface area contributed by atoms with E-state index in [1.807, 2.05) is 0 Å². The molecule has 0 atom stereocenters. The Balaban J connectivity index is 2.63. The number of hydrogen-bond donors (Lipinski definition) is 1. The van der Waals surface area contributed by atoms with Crippen LogP contribution in [-0.2, 0) is 0 Å². The molecule has 0 aliphatic rings. The Labute approximate surface area is 117 Å². The van der Waals surface area contributed by atoms with Crippen molar-refractivity contribution in [3.8, 4) is 0 Å². The van der Waals surface area contributed by atoms with Crippen molar-refractivity contribution in [1.29, 1.82) is 0 Å². The van der Waals surface area contributed by atoms with E-state index in [4.69, 9.17) is 5.73 Å². The number of hydrogen-bond acceptors (Lipinski definition) is 2. The van der Waals surface area contributed by atoms with Crippen LogP contribution in [0.15, 0.2) is 34.8 Å². The minimum atomic E-state index is -0.925. The van der Waals surface area contributed by atoms with E-state index in [9.17, 15) is 13.6 Å². The van der Waals surface area contributed by atoms with Gasteiger partial charge in [0.1, 0.15) is 5.82 Å². The van der Waals surface area contributed by atoms with E-state index >= 15 is 0 Å². The summed E-state index contributed by atoms with van der Waals surface area (Å²) in [5, 5.41) is 0. The van der Waals surface area contributed by atoms with E-state index in [-0.39, 0.29) is 15.7 Å². The fourth-order valence-corrected chi connectivity index (χ4v) is 2.07. The summed E-state index contributed by atoms with van der Waals surface area (Å²) in [6.45, 7) is 1.77. The van der Waals surface area contributed by atoms with Crippen LogP contribution >= 0.6 is 15.9 Å². The maximum atomic E-state index is 13.9. The number of anilines is 1. The third kappa shape index (κ3) is 2.51. The normalized spacial score (nSPS) is 10.5. The quantitative estimate of drug-likeness (QED) is 0.517. The lowest BCUT2D eigenvalue weighted by molar-refractivity contribution is 0.103. The third-order valence-electron chi connectivity index (χ3n) is 2.72. The molecule has 0 spiro atoms. The molecule has 0 fully saturated rings. The minimum absolute atomic E-state index is 0.0310. The SMILES string of the molecule is Cc1ccc(N)c(C(=O)c2c(F)ccc(Br)c2F)c1. The number of ketones is 1. The third-order valence-corrected chi connectivity index (χ3v) is 3.34. The van der Waals surface area contributed by atoms with Crippen molar-refractivity contribution in [3.63, 3.8) is 0 Å². The van der Waals surface area contributed by atoms with Gasteiger partial charge in [0.05, 0.1) is 10.0 Å². The number of benzene rings is 2. The van der Waals surface area contributed by atoms with Crippen molar-refractivity contribution in [3.05, 3.63) is 63.1 Å². The maximum Gasteiger partial charge on any atom is 0.201 e. The lowest BCUT2D eigenvalue weighted by atomic mass is 9.99. The molecule has 0 heterocycles. The Bertz CT molecular complexity index is 671. The van der Waals surface area contributed by atoms with Gasteiger partial charge in [-0.2, -0.15) is 0 Å². The molecule has 0 unspecified atom stereocenters. The number of halogens is 3. The molecule has 0 bridgehead atoms. The molecule has 0 amide bonds. The number of nitrogens with two attached hydrogens (primary N) is 1. The monoisotopic (exact) mass is 325 g/mol. The zero-order valence-corrected chi connectivity index (χ0v) is 11.6. The fourth-order valence-electron chi connectivity index (χ4n) is 1.74. The Morgan fingerprint density at radius 1 is 1.21 bits per heavy atom. The van der Waals surface area contributed by atoms with Crippen LogP contribution in [0.3, 0.4) is 0 Å². The molecule has 2 aromatic rings. The summed E-state index contributed by atoms with van der Waals surface area (Å²) in [6, 6.07) is 7.01. The van der Waals surface area contributed by atoms with Crippen molar-refractivity contribution in [2.45, 2.75) is 6.92 Å². The first kappa shape index (κ1) is 13.7. The average molecular weight is 326 g/mol. The number of nitrogen functional groups attached to an aromatic ring is 1. The van der Waals surface area contributed by atoms with E-state index < -0.39 is 23.0 Å². The van der Waals surface area contributed by atoms with Gasteiger partial charge in [0, 0.05) is 11.3 Å². The van der Waals surface area contributed by atoms with E-state index in [0.29, 0.717) is 0 Å². The van der Waals surface area contributed by atoms with E-state index in [0.717, 1.165) is 11.6 Å². The summed E-state index contributed by atoms with van der Waals surface area (Å²) in [6.07, 6.45) is 0. The lowest BCUT2D eigenvalue weighted by Crippen LogP contribution is -2.10. The molecule has 5 heteroatoms.